The Morgan fingerprint density at radius 1 is 1.47 bits per heavy atom. The van der Waals surface area contributed by atoms with Crippen molar-refractivity contribution in [3.8, 4) is 0 Å². The van der Waals surface area contributed by atoms with E-state index in [9.17, 15) is 4.79 Å². The van der Waals surface area contributed by atoms with E-state index in [0.29, 0.717) is 6.54 Å². The smallest absolute Gasteiger partial charge is 0.224 e. The van der Waals surface area contributed by atoms with Crippen molar-refractivity contribution in [2.75, 3.05) is 6.54 Å². The van der Waals surface area contributed by atoms with Gasteiger partial charge < -0.3 is 11.1 Å². The fraction of sp³-hybridized carbons (Fsp3) is 0.667. The quantitative estimate of drug-likeness (QED) is 0.835. The van der Waals surface area contributed by atoms with Gasteiger partial charge in [0.2, 0.25) is 5.91 Å². The van der Waals surface area contributed by atoms with Crippen LogP contribution < -0.4 is 11.1 Å². The summed E-state index contributed by atoms with van der Waals surface area (Å²) >= 11 is 1.69. The molecular weight excluding hydrogens is 234 g/mol. The Balaban J connectivity index is 2.38. The lowest BCUT2D eigenvalue weighted by atomic mass is 10.0. The fourth-order valence-corrected chi connectivity index (χ4v) is 2.44. The van der Waals surface area contributed by atoms with Gasteiger partial charge in [-0.25, -0.2) is 4.98 Å². The predicted molar refractivity (Wildman–Crippen MR) is 71.1 cm³/mol. The van der Waals surface area contributed by atoms with Crippen molar-refractivity contribution in [3.63, 3.8) is 0 Å². The standard InChI is InChI=1S/C12H21N3OS/c1-7(8(2)13)12(16)14-6-5-11-9(3)15-10(4)17-11/h7-8H,5-6,13H2,1-4H3,(H,14,16). The Morgan fingerprint density at radius 2 is 2.12 bits per heavy atom. The molecule has 1 amide bonds. The molecule has 2 atom stereocenters. The number of thiazole rings is 1. The van der Waals surface area contributed by atoms with Crippen LogP contribution in [0.2, 0.25) is 0 Å². The van der Waals surface area contributed by atoms with Gasteiger partial charge in [-0.15, -0.1) is 11.3 Å². The molecule has 0 radical (unpaired) electrons. The number of nitrogens with zero attached hydrogens (tertiary/aromatic N) is 1. The second kappa shape index (κ2) is 6.12. The van der Waals surface area contributed by atoms with Crippen LogP contribution in [0.1, 0.15) is 29.4 Å². The van der Waals surface area contributed by atoms with E-state index in [4.69, 9.17) is 5.73 Å². The summed E-state index contributed by atoms with van der Waals surface area (Å²) in [5.41, 5.74) is 6.75. The molecule has 2 unspecified atom stereocenters. The summed E-state index contributed by atoms with van der Waals surface area (Å²) in [7, 11) is 0. The number of aromatic nitrogens is 1. The SMILES string of the molecule is Cc1nc(C)c(CCNC(=O)C(C)C(C)N)s1. The Bertz CT molecular complexity index is 387. The van der Waals surface area contributed by atoms with Crippen molar-refractivity contribution < 1.29 is 4.79 Å². The Kier molecular flexibility index (Phi) is 5.08. The van der Waals surface area contributed by atoms with Crippen molar-refractivity contribution in [3.05, 3.63) is 15.6 Å². The topological polar surface area (TPSA) is 68.0 Å². The zero-order valence-corrected chi connectivity index (χ0v) is 11.7. The van der Waals surface area contributed by atoms with Gasteiger partial charge >= 0.3 is 0 Å². The van der Waals surface area contributed by atoms with E-state index in [1.54, 1.807) is 11.3 Å². The van der Waals surface area contributed by atoms with Gasteiger partial charge in [0.25, 0.3) is 0 Å². The fourth-order valence-electron chi connectivity index (χ4n) is 1.50. The molecule has 3 N–H and O–H groups in total. The van der Waals surface area contributed by atoms with Gasteiger partial charge in [0.1, 0.15) is 0 Å². The molecule has 0 bridgehead atoms. The molecule has 1 rings (SSSR count). The van der Waals surface area contributed by atoms with E-state index in [1.165, 1.54) is 4.88 Å². The number of amides is 1. The number of carbonyl (C=O) groups is 1. The molecule has 0 saturated heterocycles. The van der Waals surface area contributed by atoms with Crippen molar-refractivity contribution in [1.29, 1.82) is 0 Å². The van der Waals surface area contributed by atoms with E-state index in [1.807, 2.05) is 27.7 Å². The number of carbonyl (C=O) groups excluding carboxylic acids is 1. The van der Waals surface area contributed by atoms with Gasteiger partial charge in [-0.05, 0) is 20.8 Å². The third-order valence-corrected chi connectivity index (χ3v) is 3.99. The summed E-state index contributed by atoms with van der Waals surface area (Å²) < 4.78 is 0. The number of aryl methyl sites for hydroxylation is 2. The highest BCUT2D eigenvalue weighted by Gasteiger charge is 2.16. The Morgan fingerprint density at radius 3 is 2.59 bits per heavy atom. The molecule has 0 saturated carbocycles. The second-order valence-electron chi connectivity index (χ2n) is 4.43. The molecule has 0 fully saturated rings. The van der Waals surface area contributed by atoms with Crippen LogP contribution in [-0.4, -0.2) is 23.5 Å². The highest BCUT2D eigenvalue weighted by Crippen LogP contribution is 2.17. The van der Waals surface area contributed by atoms with Gasteiger partial charge in [0.05, 0.1) is 10.7 Å². The maximum absolute atomic E-state index is 11.7. The summed E-state index contributed by atoms with van der Waals surface area (Å²) in [6.07, 6.45) is 0.842. The molecule has 17 heavy (non-hydrogen) atoms. The van der Waals surface area contributed by atoms with Crippen LogP contribution in [0.15, 0.2) is 0 Å². The molecule has 0 aliphatic carbocycles. The molecular formula is C12H21N3OS. The predicted octanol–water partition coefficient (Wildman–Crippen LogP) is 1.40. The molecule has 1 heterocycles. The number of rotatable bonds is 5. The largest absolute Gasteiger partial charge is 0.355 e. The average Bonchev–Trinajstić information content (AvgIpc) is 2.56. The first-order valence-corrected chi connectivity index (χ1v) is 6.69. The minimum atomic E-state index is -0.140. The summed E-state index contributed by atoms with van der Waals surface area (Å²) in [5.74, 6) is -0.113. The molecule has 0 aromatic carbocycles. The van der Waals surface area contributed by atoms with E-state index in [0.717, 1.165) is 17.1 Å². The van der Waals surface area contributed by atoms with Crippen LogP contribution in [-0.2, 0) is 11.2 Å². The normalized spacial score (nSPS) is 14.4. The van der Waals surface area contributed by atoms with Gasteiger partial charge in [-0.1, -0.05) is 6.92 Å². The highest BCUT2D eigenvalue weighted by atomic mass is 32.1. The zero-order valence-electron chi connectivity index (χ0n) is 10.9. The Hall–Kier alpha value is -0.940. The van der Waals surface area contributed by atoms with Crippen LogP contribution >= 0.6 is 11.3 Å². The first kappa shape index (κ1) is 14.1. The summed E-state index contributed by atoms with van der Waals surface area (Å²) in [4.78, 5) is 17.3. The lowest BCUT2D eigenvalue weighted by molar-refractivity contribution is -0.124. The minimum absolute atomic E-state index is 0.0268. The molecule has 0 aliphatic heterocycles. The molecule has 0 aliphatic rings. The monoisotopic (exact) mass is 255 g/mol. The summed E-state index contributed by atoms with van der Waals surface area (Å²) in [6.45, 7) is 8.35. The minimum Gasteiger partial charge on any atom is -0.355 e. The van der Waals surface area contributed by atoms with E-state index >= 15 is 0 Å². The second-order valence-corrected chi connectivity index (χ2v) is 5.72. The molecule has 1 aromatic heterocycles. The van der Waals surface area contributed by atoms with E-state index in [-0.39, 0.29) is 17.9 Å². The average molecular weight is 255 g/mol. The molecule has 96 valence electrons. The van der Waals surface area contributed by atoms with E-state index < -0.39 is 0 Å². The maximum Gasteiger partial charge on any atom is 0.224 e. The van der Waals surface area contributed by atoms with Gasteiger partial charge in [-0.2, -0.15) is 0 Å². The zero-order chi connectivity index (χ0) is 13.0. The summed E-state index contributed by atoms with van der Waals surface area (Å²) in [5, 5.41) is 3.99. The van der Waals surface area contributed by atoms with Crippen molar-refractivity contribution in [2.24, 2.45) is 11.7 Å². The number of nitrogens with two attached hydrogens (primary N) is 1. The van der Waals surface area contributed by atoms with Crippen LogP contribution in [0.3, 0.4) is 0 Å². The van der Waals surface area contributed by atoms with Crippen LogP contribution in [0.5, 0.6) is 0 Å². The molecule has 5 heteroatoms. The lowest BCUT2D eigenvalue weighted by Gasteiger charge is -2.14. The summed E-state index contributed by atoms with van der Waals surface area (Å²) in [6, 6.07) is -0.109. The molecule has 1 aromatic rings. The molecule has 0 spiro atoms. The Labute approximate surface area is 107 Å². The highest BCUT2D eigenvalue weighted by molar-refractivity contribution is 7.11. The lowest BCUT2D eigenvalue weighted by Crippen LogP contribution is -2.39. The van der Waals surface area contributed by atoms with Gasteiger partial charge in [0.15, 0.2) is 0 Å². The van der Waals surface area contributed by atoms with Crippen molar-refractivity contribution >= 4 is 17.2 Å². The molecule has 4 nitrogen and oxygen atoms in total. The van der Waals surface area contributed by atoms with Crippen molar-refractivity contribution in [2.45, 2.75) is 40.2 Å². The van der Waals surface area contributed by atoms with E-state index in [2.05, 4.69) is 10.3 Å². The first-order chi connectivity index (χ1) is 7.91. The van der Waals surface area contributed by atoms with Gasteiger partial charge in [-0.3, -0.25) is 4.79 Å². The number of nitrogens with one attached hydrogen (secondary N) is 1. The first-order valence-electron chi connectivity index (χ1n) is 5.88. The van der Waals surface area contributed by atoms with Crippen LogP contribution in [0, 0.1) is 19.8 Å². The van der Waals surface area contributed by atoms with Crippen molar-refractivity contribution in [1.82, 2.24) is 10.3 Å². The number of hydrogen-bond acceptors (Lipinski definition) is 4. The third kappa shape index (κ3) is 4.09. The van der Waals surface area contributed by atoms with Gasteiger partial charge in [0, 0.05) is 29.8 Å². The van der Waals surface area contributed by atoms with Crippen LogP contribution in [0.25, 0.3) is 0 Å². The third-order valence-electron chi connectivity index (χ3n) is 2.85. The van der Waals surface area contributed by atoms with Crippen LogP contribution in [0.4, 0.5) is 0 Å². The number of hydrogen-bond donors (Lipinski definition) is 2. The maximum atomic E-state index is 11.7.